The highest BCUT2D eigenvalue weighted by molar-refractivity contribution is 6.03. The summed E-state index contributed by atoms with van der Waals surface area (Å²) in [6.07, 6.45) is 7.07. The van der Waals surface area contributed by atoms with Crippen molar-refractivity contribution < 1.29 is 4.79 Å². The number of anilines is 2. The Bertz CT molecular complexity index is 936. The number of aromatic amines is 1. The number of carbonyl (C=O) groups excluding carboxylic acids is 1. The number of carbonyl (C=O) groups is 1. The van der Waals surface area contributed by atoms with Crippen molar-refractivity contribution in [3.8, 4) is 11.3 Å². The molecule has 25 heavy (non-hydrogen) atoms. The zero-order valence-corrected chi connectivity index (χ0v) is 13.9. The highest BCUT2D eigenvalue weighted by atomic mass is 16.2. The van der Waals surface area contributed by atoms with Crippen LogP contribution < -0.4 is 16.0 Å². The first-order valence-electron chi connectivity index (χ1n) is 8.22. The fourth-order valence-electron chi connectivity index (χ4n) is 3.50. The molecule has 128 valence electrons. The number of fused-ring (bicyclic) bond motifs is 1. The molecule has 1 aliphatic heterocycles. The van der Waals surface area contributed by atoms with Gasteiger partial charge in [-0.1, -0.05) is 0 Å². The lowest BCUT2D eigenvalue weighted by molar-refractivity contribution is -0.121. The van der Waals surface area contributed by atoms with E-state index in [1.165, 1.54) is 0 Å². The fraction of sp³-hybridized carbons (Fsp3) is 0.294. The Hall–Kier alpha value is -3.16. The topological polar surface area (TPSA) is 113 Å². The van der Waals surface area contributed by atoms with Gasteiger partial charge in [-0.05, 0) is 25.0 Å². The number of amides is 1. The average molecular weight is 337 g/mol. The van der Waals surface area contributed by atoms with Gasteiger partial charge in [0.15, 0.2) is 0 Å². The molecular formula is C17H19N7O. The lowest BCUT2D eigenvalue weighted by Crippen LogP contribution is -2.42. The third-order valence-corrected chi connectivity index (χ3v) is 4.61. The molecule has 0 bridgehead atoms. The van der Waals surface area contributed by atoms with Crippen molar-refractivity contribution in [2.75, 3.05) is 24.2 Å². The predicted molar refractivity (Wildman–Crippen MR) is 96.0 cm³/mol. The van der Waals surface area contributed by atoms with Crippen molar-refractivity contribution in [2.45, 2.75) is 18.9 Å². The van der Waals surface area contributed by atoms with Crippen LogP contribution in [0.1, 0.15) is 12.8 Å². The zero-order valence-electron chi connectivity index (χ0n) is 13.9. The van der Waals surface area contributed by atoms with Crippen LogP contribution in [0, 0.1) is 0 Å². The normalized spacial score (nSPS) is 17.2. The number of aromatic nitrogens is 4. The second-order valence-corrected chi connectivity index (χ2v) is 6.02. The molecule has 1 unspecified atom stereocenters. The van der Waals surface area contributed by atoms with E-state index in [1.54, 1.807) is 19.4 Å². The molecule has 1 saturated heterocycles. The van der Waals surface area contributed by atoms with Gasteiger partial charge in [-0.25, -0.2) is 15.0 Å². The number of likely N-dealkylation sites (N-methyl/N-ethyl adjacent to an activating group) is 1. The van der Waals surface area contributed by atoms with Crippen molar-refractivity contribution in [2.24, 2.45) is 0 Å². The number of nitrogen functional groups attached to an aromatic ring is 1. The number of hydrogen-bond acceptors (Lipinski definition) is 6. The highest BCUT2D eigenvalue weighted by Gasteiger charge is 2.32. The van der Waals surface area contributed by atoms with Gasteiger partial charge in [0, 0.05) is 37.7 Å². The van der Waals surface area contributed by atoms with Gasteiger partial charge in [0.25, 0.3) is 0 Å². The van der Waals surface area contributed by atoms with Gasteiger partial charge in [0.1, 0.15) is 11.7 Å². The Labute approximate surface area is 144 Å². The van der Waals surface area contributed by atoms with Crippen LogP contribution in [0.15, 0.2) is 30.7 Å². The van der Waals surface area contributed by atoms with Crippen molar-refractivity contribution in [3.63, 3.8) is 0 Å². The van der Waals surface area contributed by atoms with Crippen molar-refractivity contribution in [3.05, 3.63) is 30.7 Å². The summed E-state index contributed by atoms with van der Waals surface area (Å²) in [6.45, 7) is 0.827. The molecule has 3 aromatic rings. The monoisotopic (exact) mass is 337 g/mol. The SMILES string of the molecule is CNC(=O)C1CCCN1c1ccnc2[nH]cc(-c3ccnc(N)n3)c12. The van der Waals surface area contributed by atoms with Crippen LogP contribution in [-0.4, -0.2) is 45.5 Å². The average Bonchev–Trinajstić information content (AvgIpc) is 3.28. The molecule has 8 heteroatoms. The Morgan fingerprint density at radius 2 is 2.20 bits per heavy atom. The maximum atomic E-state index is 12.3. The molecular weight excluding hydrogens is 318 g/mol. The summed E-state index contributed by atoms with van der Waals surface area (Å²) in [5, 5.41) is 3.70. The third kappa shape index (κ3) is 2.55. The minimum atomic E-state index is -0.172. The van der Waals surface area contributed by atoms with Gasteiger partial charge >= 0.3 is 0 Å². The van der Waals surface area contributed by atoms with Gasteiger partial charge in [-0.2, -0.15) is 0 Å². The largest absolute Gasteiger partial charge is 0.368 e. The molecule has 0 saturated carbocycles. The van der Waals surface area contributed by atoms with E-state index in [4.69, 9.17) is 5.73 Å². The number of nitrogens with one attached hydrogen (secondary N) is 2. The van der Waals surface area contributed by atoms with E-state index >= 15 is 0 Å². The smallest absolute Gasteiger partial charge is 0.242 e. The summed E-state index contributed by atoms with van der Waals surface area (Å²) >= 11 is 0. The van der Waals surface area contributed by atoms with E-state index in [9.17, 15) is 4.79 Å². The van der Waals surface area contributed by atoms with E-state index in [0.29, 0.717) is 0 Å². The quantitative estimate of drug-likeness (QED) is 0.664. The van der Waals surface area contributed by atoms with Crippen LogP contribution in [0.3, 0.4) is 0 Å². The molecule has 0 aromatic carbocycles. The van der Waals surface area contributed by atoms with Crippen LogP contribution in [-0.2, 0) is 4.79 Å². The highest BCUT2D eigenvalue weighted by Crippen LogP contribution is 2.37. The first kappa shape index (κ1) is 15.4. The minimum absolute atomic E-state index is 0.0332. The van der Waals surface area contributed by atoms with Crippen LogP contribution in [0.4, 0.5) is 11.6 Å². The van der Waals surface area contributed by atoms with Crippen LogP contribution in [0.2, 0.25) is 0 Å². The van der Waals surface area contributed by atoms with Crippen LogP contribution in [0.25, 0.3) is 22.3 Å². The van der Waals surface area contributed by atoms with Crippen LogP contribution in [0.5, 0.6) is 0 Å². The summed E-state index contributed by atoms with van der Waals surface area (Å²) in [4.78, 5) is 30.3. The summed E-state index contributed by atoms with van der Waals surface area (Å²) in [5.41, 5.74) is 9.09. The molecule has 0 aliphatic carbocycles. The number of nitrogens with zero attached hydrogens (tertiary/aromatic N) is 4. The summed E-state index contributed by atoms with van der Waals surface area (Å²) in [5.74, 6) is 0.257. The molecule has 0 spiro atoms. The van der Waals surface area contributed by atoms with Crippen molar-refractivity contribution in [1.29, 1.82) is 0 Å². The van der Waals surface area contributed by atoms with Gasteiger partial charge in [-0.15, -0.1) is 0 Å². The fourth-order valence-corrected chi connectivity index (χ4v) is 3.50. The van der Waals surface area contributed by atoms with E-state index in [2.05, 4.69) is 30.2 Å². The molecule has 4 N–H and O–H groups in total. The molecule has 1 aliphatic rings. The molecule has 1 amide bonds. The number of nitrogens with two attached hydrogens (primary N) is 1. The second-order valence-electron chi connectivity index (χ2n) is 6.02. The molecule has 1 atom stereocenters. The first-order chi connectivity index (χ1) is 12.2. The minimum Gasteiger partial charge on any atom is -0.368 e. The zero-order chi connectivity index (χ0) is 17.4. The second kappa shape index (κ2) is 6.04. The summed E-state index contributed by atoms with van der Waals surface area (Å²) in [6, 6.07) is 3.59. The Morgan fingerprint density at radius 3 is 3.00 bits per heavy atom. The molecule has 0 radical (unpaired) electrons. The third-order valence-electron chi connectivity index (χ3n) is 4.61. The van der Waals surface area contributed by atoms with Gasteiger partial charge in [0.05, 0.1) is 16.8 Å². The Balaban J connectivity index is 1.88. The Kier molecular flexibility index (Phi) is 3.72. The summed E-state index contributed by atoms with van der Waals surface area (Å²) < 4.78 is 0. The lowest BCUT2D eigenvalue weighted by Gasteiger charge is -2.26. The molecule has 8 nitrogen and oxygen atoms in total. The van der Waals surface area contributed by atoms with Gasteiger partial charge in [0.2, 0.25) is 11.9 Å². The molecule has 1 fully saturated rings. The number of hydrogen-bond donors (Lipinski definition) is 3. The molecule has 3 aromatic heterocycles. The molecule has 4 heterocycles. The molecule has 4 rings (SSSR count). The summed E-state index contributed by atoms with van der Waals surface area (Å²) in [7, 11) is 1.67. The lowest BCUT2D eigenvalue weighted by atomic mass is 10.1. The van der Waals surface area contributed by atoms with Crippen molar-refractivity contribution in [1.82, 2.24) is 25.3 Å². The van der Waals surface area contributed by atoms with E-state index in [-0.39, 0.29) is 17.9 Å². The van der Waals surface area contributed by atoms with Gasteiger partial charge < -0.3 is 20.9 Å². The standard InChI is InChI=1S/C17H19N7O/c1-19-16(25)13-3-2-8-24(13)12-5-7-20-15-14(12)10(9-22-15)11-4-6-21-17(18)23-11/h4-7,9,13H,2-3,8H2,1H3,(H,19,25)(H,20,22)(H2,18,21,23). The maximum Gasteiger partial charge on any atom is 0.242 e. The van der Waals surface area contributed by atoms with E-state index in [1.807, 2.05) is 18.3 Å². The van der Waals surface area contributed by atoms with Crippen molar-refractivity contribution >= 4 is 28.6 Å². The Morgan fingerprint density at radius 1 is 1.36 bits per heavy atom. The predicted octanol–water partition coefficient (Wildman–Crippen LogP) is 1.32. The number of pyridine rings is 1. The van der Waals surface area contributed by atoms with E-state index in [0.717, 1.165) is 47.4 Å². The maximum absolute atomic E-state index is 12.3. The van der Waals surface area contributed by atoms with Crippen LogP contribution >= 0.6 is 0 Å². The van der Waals surface area contributed by atoms with E-state index < -0.39 is 0 Å². The number of rotatable bonds is 3. The van der Waals surface area contributed by atoms with Gasteiger partial charge in [-0.3, -0.25) is 4.79 Å². The number of H-pyrrole nitrogens is 1. The first-order valence-corrected chi connectivity index (χ1v) is 8.22.